The summed E-state index contributed by atoms with van der Waals surface area (Å²) in [5, 5.41) is 25.9. The minimum atomic E-state index is -1.48. The van der Waals surface area contributed by atoms with Crippen molar-refractivity contribution in [3.05, 3.63) is 156 Å². The van der Waals surface area contributed by atoms with Crippen molar-refractivity contribution in [3.63, 3.8) is 0 Å². The second kappa shape index (κ2) is 14.2. The molecule has 6 aromatic rings. The number of nitrogens with zero attached hydrogens (tertiary/aromatic N) is 4. The molecule has 12 heteroatoms. The average molecular weight is 700 g/mol. The van der Waals surface area contributed by atoms with Gasteiger partial charge in [0.25, 0.3) is 5.91 Å². The van der Waals surface area contributed by atoms with E-state index in [1.165, 1.54) is 17.2 Å². The van der Waals surface area contributed by atoms with E-state index in [1.54, 1.807) is 38.5 Å². The molecular weight excluding hydrogens is 662 g/mol. The zero-order chi connectivity index (χ0) is 36.3. The molecule has 3 N–H and O–H groups in total. The summed E-state index contributed by atoms with van der Waals surface area (Å²) in [7, 11) is 3.22. The normalized spacial score (nSPS) is 17.3. The van der Waals surface area contributed by atoms with Crippen molar-refractivity contribution in [2.75, 3.05) is 26.1 Å². The minimum absolute atomic E-state index is 0.178. The van der Waals surface area contributed by atoms with Gasteiger partial charge in [0.2, 0.25) is 0 Å². The predicted octanol–water partition coefficient (Wildman–Crippen LogP) is 7.11. The highest BCUT2D eigenvalue weighted by Gasteiger charge is 2.51. The van der Waals surface area contributed by atoms with E-state index in [0.29, 0.717) is 17.1 Å². The van der Waals surface area contributed by atoms with Crippen LogP contribution in [0.4, 0.5) is 5.82 Å². The summed E-state index contributed by atoms with van der Waals surface area (Å²) in [6.45, 7) is 1.66. The maximum Gasteiger partial charge on any atom is 0.256 e. The summed E-state index contributed by atoms with van der Waals surface area (Å²) in [5.74, 6) is 0.372. The van der Waals surface area contributed by atoms with Crippen LogP contribution >= 0.6 is 0 Å². The molecule has 0 saturated carbocycles. The van der Waals surface area contributed by atoms with Crippen LogP contribution in [-0.4, -0.2) is 62.1 Å². The minimum Gasteiger partial charge on any atom is -0.506 e. The molecular formula is C40H37N5O7. The summed E-state index contributed by atoms with van der Waals surface area (Å²) in [5.41, 5.74) is 0.701. The Hall–Kier alpha value is -6.24. The van der Waals surface area contributed by atoms with Gasteiger partial charge in [0.1, 0.15) is 23.4 Å². The number of amides is 1. The van der Waals surface area contributed by atoms with Crippen LogP contribution in [0.5, 0.6) is 11.5 Å². The molecule has 1 aliphatic rings. The summed E-state index contributed by atoms with van der Waals surface area (Å²) >= 11 is 0. The Balaban J connectivity index is 1.26. The molecule has 12 nitrogen and oxygen atoms in total. The first-order chi connectivity index (χ1) is 25.3. The zero-order valence-electron chi connectivity index (χ0n) is 28.8. The van der Waals surface area contributed by atoms with Gasteiger partial charge in [-0.3, -0.25) is 9.36 Å². The number of methoxy groups -OCH3 is 2. The number of fused-ring (bicyclic) bond motifs is 1. The number of hydrogen-bond acceptors (Lipinski definition) is 10. The molecule has 0 aliphatic carbocycles. The molecule has 52 heavy (non-hydrogen) atoms. The lowest BCUT2D eigenvalue weighted by Crippen LogP contribution is -2.43. The summed E-state index contributed by atoms with van der Waals surface area (Å²) in [4.78, 5) is 26.0. The van der Waals surface area contributed by atoms with Gasteiger partial charge in [0.05, 0.1) is 27.2 Å². The number of carbonyl (C=O) groups excluding carboxylic acids is 1. The fourth-order valence-electron chi connectivity index (χ4n) is 6.50. The number of carbonyl (C=O) groups is 1. The topological polar surface area (TPSA) is 150 Å². The third-order valence-corrected chi connectivity index (χ3v) is 9.39. The number of anilines is 1. The first kappa shape index (κ1) is 34.2. The fraction of sp³-hybridized carbons (Fsp3) is 0.200. The Morgan fingerprint density at radius 3 is 1.98 bits per heavy atom. The van der Waals surface area contributed by atoms with Crippen molar-refractivity contribution in [3.8, 4) is 11.5 Å². The summed E-state index contributed by atoms with van der Waals surface area (Å²) in [6.07, 6.45) is 1.72. The molecule has 3 heterocycles. The van der Waals surface area contributed by atoms with Gasteiger partial charge in [-0.25, -0.2) is 15.0 Å². The van der Waals surface area contributed by atoms with Gasteiger partial charge in [-0.1, -0.05) is 79.7 Å². The number of aromatic nitrogens is 4. The highest BCUT2D eigenvalue weighted by Crippen LogP contribution is 2.47. The van der Waals surface area contributed by atoms with Gasteiger partial charge >= 0.3 is 0 Å². The van der Waals surface area contributed by atoms with Gasteiger partial charge in [0.15, 0.2) is 40.3 Å². The van der Waals surface area contributed by atoms with E-state index in [4.69, 9.17) is 18.9 Å². The van der Waals surface area contributed by atoms with E-state index in [-0.39, 0.29) is 41.7 Å². The van der Waals surface area contributed by atoms with Crippen molar-refractivity contribution in [2.45, 2.75) is 30.8 Å². The lowest BCUT2D eigenvalue weighted by Gasteiger charge is -2.39. The molecule has 2 atom stereocenters. The van der Waals surface area contributed by atoms with Crippen molar-refractivity contribution in [2.24, 2.45) is 0 Å². The second-order valence-electron chi connectivity index (χ2n) is 12.2. The third-order valence-electron chi connectivity index (χ3n) is 9.39. The molecule has 2 unspecified atom stereocenters. The van der Waals surface area contributed by atoms with Gasteiger partial charge in [0, 0.05) is 5.56 Å². The molecule has 0 spiro atoms. The van der Waals surface area contributed by atoms with E-state index in [9.17, 15) is 15.0 Å². The number of benzene rings is 4. The van der Waals surface area contributed by atoms with Crippen molar-refractivity contribution >= 4 is 22.9 Å². The lowest BCUT2D eigenvalue weighted by atomic mass is 9.79. The molecule has 7 rings (SSSR count). The highest BCUT2D eigenvalue weighted by atomic mass is 16.6. The molecule has 1 amide bonds. The van der Waals surface area contributed by atoms with E-state index in [0.717, 1.165) is 16.7 Å². The van der Waals surface area contributed by atoms with Crippen LogP contribution in [0.1, 0.15) is 46.6 Å². The number of nitrogens with one attached hydrogen (secondary N) is 1. The van der Waals surface area contributed by atoms with Crippen LogP contribution in [0.15, 0.2) is 133 Å². The van der Waals surface area contributed by atoms with Gasteiger partial charge in [-0.15, -0.1) is 0 Å². The molecule has 2 aromatic heterocycles. The van der Waals surface area contributed by atoms with Crippen LogP contribution in [0.2, 0.25) is 0 Å². The fourth-order valence-corrected chi connectivity index (χ4v) is 6.50. The largest absolute Gasteiger partial charge is 0.506 e. The molecule has 0 fully saturated rings. The van der Waals surface area contributed by atoms with Crippen LogP contribution < -0.4 is 14.8 Å². The Labute approximate surface area is 299 Å². The van der Waals surface area contributed by atoms with Crippen molar-refractivity contribution < 1.29 is 34.0 Å². The van der Waals surface area contributed by atoms with E-state index < -0.39 is 23.2 Å². The first-order valence-electron chi connectivity index (χ1n) is 16.7. The van der Waals surface area contributed by atoms with Gasteiger partial charge < -0.3 is 34.5 Å². The molecule has 0 radical (unpaired) electrons. The second-order valence-corrected chi connectivity index (χ2v) is 12.2. The molecule has 0 saturated heterocycles. The van der Waals surface area contributed by atoms with E-state index in [2.05, 4.69) is 20.3 Å². The zero-order valence-corrected chi connectivity index (χ0v) is 28.8. The number of imidazole rings is 1. The summed E-state index contributed by atoms with van der Waals surface area (Å²) < 4.78 is 26.1. The first-order valence-corrected chi connectivity index (χ1v) is 16.7. The number of hydrogen-bond donors (Lipinski definition) is 3. The van der Waals surface area contributed by atoms with Crippen LogP contribution in [0.3, 0.4) is 0 Å². The van der Waals surface area contributed by atoms with Crippen LogP contribution in [0.25, 0.3) is 11.2 Å². The highest BCUT2D eigenvalue weighted by molar-refractivity contribution is 6.06. The third kappa shape index (κ3) is 5.97. The molecule has 1 aliphatic heterocycles. The smallest absolute Gasteiger partial charge is 0.256 e. The van der Waals surface area contributed by atoms with Crippen molar-refractivity contribution in [1.29, 1.82) is 0 Å². The van der Waals surface area contributed by atoms with Crippen LogP contribution in [0, 0.1) is 0 Å². The lowest BCUT2D eigenvalue weighted by molar-refractivity contribution is -0.142. The Bertz CT molecular complexity index is 2160. The molecule has 264 valence electrons. The number of aliphatic hydroxyl groups is 2. The number of rotatable bonds is 12. The molecule has 0 bridgehead atoms. The Morgan fingerprint density at radius 1 is 0.827 bits per heavy atom. The monoisotopic (exact) mass is 699 g/mol. The average Bonchev–Trinajstić information content (AvgIpc) is 3.75. The standard InChI is InChI=1S/C40H37N5O7/c1-4-39(23-51-40(27-13-9-6-10-14-27,28-15-19-30(49-2)20-16-28)29-17-21-31(50-3)22-18-29)34(47)33(46)38(52-39)45-25-43-32-35(41-24-42-36(32)45)44-37(48)26-11-7-5-8-12-26/h5-22,24-25,38,46-47H,4,23H2,1-3H3,(H,41,42,44,48). The maximum absolute atomic E-state index is 12.9. The SMILES string of the molecule is CCC1(COC(c2ccccc2)(c2ccc(OC)cc2)c2ccc(OC)cc2)OC(n2cnc3c(NC(=O)c4ccccc4)ncnc32)C(O)=C1O. The quantitative estimate of drug-likeness (QED) is 0.113. The Kier molecular flexibility index (Phi) is 9.33. The van der Waals surface area contributed by atoms with E-state index >= 15 is 0 Å². The Morgan fingerprint density at radius 2 is 1.40 bits per heavy atom. The van der Waals surface area contributed by atoms with Crippen molar-refractivity contribution in [1.82, 2.24) is 19.5 Å². The maximum atomic E-state index is 12.9. The predicted molar refractivity (Wildman–Crippen MR) is 193 cm³/mol. The van der Waals surface area contributed by atoms with Gasteiger partial charge in [-0.05, 0) is 59.5 Å². The number of ether oxygens (including phenoxy) is 4. The number of aliphatic hydroxyl groups excluding tert-OH is 2. The van der Waals surface area contributed by atoms with E-state index in [1.807, 2.05) is 91.9 Å². The molecule has 4 aromatic carbocycles. The van der Waals surface area contributed by atoms with Crippen LogP contribution in [-0.2, 0) is 15.1 Å². The van der Waals surface area contributed by atoms with Gasteiger partial charge in [-0.2, -0.15) is 0 Å². The summed E-state index contributed by atoms with van der Waals surface area (Å²) in [6, 6.07) is 33.7.